The van der Waals surface area contributed by atoms with E-state index in [4.69, 9.17) is 11.6 Å². The van der Waals surface area contributed by atoms with Crippen LogP contribution in [0, 0.1) is 17.0 Å². The van der Waals surface area contributed by atoms with Gasteiger partial charge in [0, 0.05) is 21.9 Å². The summed E-state index contributed by atoms with van der Waals surface area (Å²) in [6.07, 6.45) is -0.190. The van der Waals surface area contributed by atoms with Crippen LogP contribution in [0.4, 0.5) is 5.69 Å². The number of ketones is 1. The normalized spacial score (nSPS) is 18.8. The standard InChI is InChI=1S/C30H25ClN2O5S/c1-20-14-16-24(17-15-20)39(37,38)32-27-13-6-5-12-25(27)26(19-28(34)22-10-7-11-23(31)18-22)30(33(35)36)29(32)21-8-3-2-4-9-21/h2-18,26,29-30H,19H2,1H3/t26-,29-,30+/m0/s1. The lowest BCUT2D eigenvalue weighted by atomic mass is 9.77. The van der Waals surface area contributed by atoms with Crippen LogP contribution >= 0.6 is 11.6 Å². The quantitative estimate of drug-likeness (QED) is 0.144. The van der Waals surface area contributed by atoms with Crippen molar-refractivity contribution >= 4 is 33.1 Å². The van der Waals surface area contributed by atoms with Gasteiger partial charge < -0.3 is 0 Å². The van der Waals surface area contributed by atoms with E-state index in [1.165, 1.54) is 18.2 Å². The lowest BCUT2D eigenvalue weighted by molar-refractivity contribution is -0.531. The smallest absolute Gasteiger partial charge is 0.265 e. The highest BCUT2D eigenvalue weighted by Gasteiger charge is 2.53. The Balaban J connectivity index is 1.73. The Morgan fingerprint density at radius 1 is 0.923 bits per heavy atom. The molecule has 198 valence electrons. The van der Waals surface area contributed by atoms with Crippen LogP contribution in [0.1, 0.15) is 45.4 Å². The second kappa shape index (κ2) is 10.6. The molecule has 0 unspecified atom stereocenters. The van der Waals surface area contributed by atoms with Crippen LogP contribution < -0.4 is 4.31 Å². The predicted molar refractivity (Wildman–Crippen MR) is 150 cm³/mol. The molecule has 3 atom stereocenters. The molecular weight excluding hydrogens is 536 g/mol. The monoisotopic (exact) mass is 560 g/mol. The number of carbonyl (C=O) groups excluding carboxylic acids is 1. The molecule has 0 amide bonds. The zero-order valence-corrected chi connectivity index (χ0v) is 22.5. The topological polar surface area (TPSA) is 97.6 Å². The molecule has 0 N–H and O–H groups in total. The minimum absolute atomic E-state index is 0.0272. The van der Waals surface area contributed by atoms with E-state index >= 15 is 0 Å². The van der Waals surface area contributed by atoms with Gasteiger partial charge in [0.1, 0.15) is 6.04 Å². The Bertz CT molecular complexity index is 1640. The van der Waals surface area contributed by atoms with E-state index in [-0.39, 0.29) is 17.1 Å². The number of anilines is 1. The molecule has 0 fully saturated rings. The van der Waals surface area contributed by atoms with Crippen molar-refractivity contribution in [1.82, 2.24) is 0 Å². The summed E-state index contributed by atoms with van der Waals surface area (Å²) >= 11 is 6.10. The molecular formula is C30H25ClN2O5S. The summed E-state index contributed by atoms with van der Waals surface area (Å²) in [6, 6.07) is 25.5. The van der Waals surface area contributed by atoms with E-state index in [2.05, 4.69) is 0 Å². The molecule has 1 heterocycles. The lowest BCUT2D eigenvalue weighted by Gasteiger charge is -2.42. The van der Waals surface area contributed by atoms with Crippen LogP contribution in [-0.2, 0) is 10.0 Å². The van der Waals surface area contributed by atoms with Crippen molar-refractivity contribution in [3.63, 3.8) is 0 Å². The second-order valence-electron chi connectivity index (χ2n) is 9.55. The van der Waals surface area contributed by atoms with Crippen LogP contribution in [0.15, 0.2) is 108 Å². The number of hydrogen-bond acceptors (Lipinski definition) is 5. The molecule has 9 heteroatoms. The third kappa shape index (κ3) is 5.05. The van der Waals surface area contributed by atoms with Crippen LogP contribution in [0.2, 0.25) is 5.02 Å². The van der Waals surface area contributed by atoms with E-state index in [1.54, 1.807) is 84.9 Å². The number of rotatable bonds is 7. The van der Waals surface area contributed by atoms with E-state index in [1.807, 2.05) is 6.92 Å². The minimum atomic E-state index is -4.24. The maximum absolute atomic E-state index is 14.2. The number of para-hydroxylation sites is 1. The number of nitrogens with zero attached hydrogens (tertiary/aromatic N) is 2. The molecule has 0 saturated heterocycles. The first-order chi connectivity index (χ1) is 18.7. The second-order valence-corrected chi connectivity index (χ2v) is 11.8. The van der Waals surface area contributed by atoms with Crippen molar-refractivity contribution in [2.24, 2.45) is 0 Å². The van der Waals surface area contributed by atoms with Crippen molar-refractivity contribution in [3.8, 4) is 0 Å². The number of hydrogen-bond donors (Lipinski definition) is 0. The highest BCUT2D eigenvalue weighted by molar-refractivity contribution is 7.92. The molecule has 0 spiro atoms. The molecule has 1 aliphatic rings. The molecule has 4 aromatic carbocycles. The zero-order valence-electron chi connectivity index (χ0n) is 21.0. The molecule has 39 heavy (non-hydrogen) atoms. The lowest BCUT2D eigenvalue weighted by Crippen LogP contribution is -2.50. The van der Waals surface area contributed by atoms with E-state index < -0.39 is 32.9 Å². The van der Waals surface area contributed by atoms with Crippen molar-refractivity contribution in [3.05, 3.63) is 141 Å². The number of Topliss-reactive ketones (excluding diaryl/α,β-unsaturated/α-hetero) is 1. The van der Waals surface area contributed by atoms with Crippen LogP contribution in [0.25, 0.3) is 0 Å². The minimum Gasteiger partial charge on any atom is -0.294 e. The van der Waals surface area contributed by atoms with Gasteiger partial charge in [-0.1, -0.05) is 90.0 Å². The van der Waals surface area contributed by atoms with Crippen molar-refractivity contribution < 1.29 is 18.1 Å². The summed E-state index contributed by atoms with van der Waals surface area (Å²) < 4.78 is 29.6. The van der Waals surface area contributed by atoms with E-state index in [0.29, 0.717) is 27.4 Å². The first kappa shape index (κ1) is 26.6. The van der Waals surface area contributed by atoms with Gasteiger partial charge in [0.25, 0.3) is 10.0 Å². The molecule has 0 radical (unpaired) electrons. The van der Waals surface area contributed by atoms with Crippen LogP contribution in [0.3, 0.4) is 0 Å². The van der Waals surface area contributed by atoms with Gasteiger partial charge in [-0.3, -0.25) is 19.2 Å². The van der Waals surface area contributed by atoms with E-state index in [0.717, 1.165) is 9.87 Å². The predicted octanol–water partition coefficient (Wildman–Crippen LogP) is 6.60. The number of aryl methyl sites for hydroxylation is 1. The Labute approximate surface area is 231 Å². The summed E-state index contributed by atoms with van der Waals surface area (Å²) in [4.78, 5) is 25.8. The number of nitro groups is 1. The first-order valence-electron chi connectivity index (χ1n) is 12.4. The molecule has 0 bridgehead atoms. The highest BCUT2D eigenvalue weighted by atomic mass is 35.5. The van der Waals surface area contributed by atoms with Gasteiger partial charge in [0.2, 0.25) is 6.04 Å². The van der Waals surface area contributed by atoms with Crippen molar-refractivity contribution in [1.29, 1.82) is 0 Å². The average molecular weight is 561 g/mol. The van der Waals surface area contributed by atoms with Gasteiger partial charge in [-0.25, -0.2) is 8.42 Å². The van der Waals surface area contributed by atoms with Crippen LogP contribution in [-0.4, -0.2) is 25.2 Å². The molecule has 1 aliphatic heterocycles. The Morgan fingerprint density at radius 2 is 1.59 bits per heavy atom. The Morgan fingerprint density at radius 3 is 2.26 bits per heavy atom. The zero-order chi connectivity index (χ0) is 27.7. The van der Waals surface area contributed by atoms with Gasteiger partial charge >= 0.3 is 0 Å². The van der Waals surface area contributed by atoms with Gasteiger partial charge in [-0.2, -0.15) is 0 Å². The fourth-order valence-electron chi connectivity index (χ4n) is 5.25. The van der Waals surface area contributed by atoms with Crippen LogP contribution in [0.5, 0.6) is 0 Å². The average Bonchev–Trinajstić information content (AvgIpc) is 2.93. The maximum Gasteiger partial charge on any atom is 0.265 e. The summed E-state index contributed by atoms with van der Waals surface area (Å²) in [5.41, 5.74) is 2.43. The fraction of sp³-hybridized carbons (Fsp3) is 0.167. The molecule has 0 aliphatic carbocycles. The largest absolute Gasteiger partial charge is 0.294 e. The third-order valence-electron chi connectivity index (χ3n) is 7.08. The first-order valence-corrected chi connectivity index (χ1v) is 14.2. The number of fused-ring (bicyclic) bond motifs is 1. The summed E-state index contributed by atoms with van der Waals surface area (Å²) in [7, 11) is -4.24. The van der Waals surface area contributed by atoms with Gasteiger partial charge in [0.15, 0.2) is 5.78 Å². The highest BCUT2D eigenvalue weighted by Crippen LogP contribution is 2.50. The molecule has 0 saturated carbocycles. The summed E-state index contributed by atoms with van der Waals surface area (Å²) in [6.45, 7) is 1.85. The SMILES string of the molecule is Cc1ccc(S(=O)(=O)N2c3ccccc3[C@H](CC(=O)c3cccc(Cl)c3)[C@@H]([N+](=O)[O-])[C@@H]2c2ccccc2)cc1. The Hall–Kier alpha value is -4.01. The molecule has 7 nitrogen and oxygen atoms in total. The third-order valence-corrected chi connectivity index (χ3v) is 9.12. The Kier molecular flexibility index (Phi) is 7.25. The summed E-state index contributed by atoms with van der Waals surface area (Å²) in [5, 5.41) is 13.2. The molecule has 0 aromatic heterocycles. The maximum atomic E-state index is 14.2. The number of benzene rings is 4. The molecule has 5 rings (SSSR count). The van der Waals surface area contributed by atoms with Crippen molar-refractivity contribution in [2.45, 2.75) is 36.2 Å². The van der Waals surface area contributed by atoms with Gasteiger partial charge in [0.05, 0.1) is 16.5 Å². The molecule has 4 aromatic rings. The van der Waals surface area contributed by atoms with Gasteiger partial charge in [-0.15, -0.1) is 0 Å². The number of carbonyl (C=O) groups is 1. The fourth-order valence-corrected chi connectivity index (χ4v) is 7.12. The van der Waals surface area contributed by atoms with Gasteiger partial charge in [-0.05, 0) is 48.4 Å². The summed E-state index contributed by atoms with van der Waals surface area (Å²) in [5.74, 6) is -1.21. The van der Waals surface area contributed by atoms with Crippen molar-refractivity contribution in [2.75, 3.05) is 4.31 Å². The number of halogens is 1. The van der Waals surface area contributed by atoms with E-state index in [9.17, 15) is 23.3 Å². The number of sulfonamides is 1.